The van der Waals surface area contributed by atoms with Crippen LogP contribution in [-0.2, 0) is 0 Å². The van der Waals surface area contributed by atoms with Crippen LogP contribution in [0.15, 0.2) is 168 Å². The summed E-state index contributed by atoms with van der Waals surface area (Å²) in [6, 6.07) is 56.4. The minimum Gasteiger partial charge on any atom is -0.455 e. The minimum atomic E-state index is 0.639. The van der Waals surface area contributed by atoms with Gasteiger partial charge in [-0.25, -0.2) is 15.0 Å². The van der Waals surface area contributed by atoms with Crippen molar-refractivity contribution in [2.45, 2.75) is 0 Å². The highest BCUT2D eigenvalue weighted by Gasteiger charge is 2.14. The first-order chi connectivity index (χ1) is 23.3. The van der Waals surface area contributed by atoms with Crippen LogP contribution < -0.4 is 0 Å². The van der Waals surface area contributed by atoms with Gasteiger partial charge in [-0.3, -0.25) is 0 Å². The third-order valence-electron chi connectivity index (χ3n) is 8.71. The fourth-order valence-corrected chi connectivity index (χ4v) is 6.34. The summed E-state index contributed by atoms with van der Waals surface area (Å²) in [5.74, 6) is 1.94. The lowest BCUT2D eigenvalue weighted by Crippen LogP contribution is -2.00. The van der Waals surface area contributed by atoms with Gasteiger partial charge in [-0.1, -0.05) is 133 Å². The van der Waals surface area contributed by atoms with Crippen LogP contribution in [0.4, 0.5) is 0 Å². The Kier molecular flexibility index (Phi) is 6.43. The highest BCUT2D eigenvalue weighted by atomic mass is 16.3. The predicted octanol–water partition coefficient (Wildman–Crippen LogP) is 11.3. The van der Waals surface area contributed by atoms with Crippen molar-refractivity contribution >= 4 is 32.7 Å². The van der Waals surface area contributed by atoms with E-state index in [1.807, 2.05) is 72.8 Å². The molecular formula is C43H27N3O. The largest absolute Gasteiger partial charge is 0.455 e. The number of furan rings is 1. The average Bonchev–Trinajstić information content (AvgIpc) is 3.55. The third-order valence-corrected chi connectivity index (χ3v) is 8.71. The number of nitrogens with zero attached hydrogens (tertiary/aromatic N) is 3. The Hall–Kier alpha value is -6.39. The van der Waals surface area contributed by atoms with Crippen LogP contribution in [-0.4, -0.2) is 15.0 Å². The molecule has 9 rings (SSSR count). The maximum Gasteiger partial charge on any atom is 0.164 e. The molecule has 4 nitrogen and oxygen atoms in total. The number of hydrogen-bond acceptors (Lipinski definition) is 4. The predicted molar refractivity (Wildman–Crippen MR) is 192 cm³/mol. The van der Waals surface area contributed by atoms with E-state index in [0.717, 1.165) is 71.7 Å². The molecule has 0 atom stereocenters. The second kappa shape index (κ2) is 11.2. The van der Waals surface area contributed by atoms with Crippen LogP contribution in [0.3, 0.4) is 0 Å². The van der Waals surface area contributed by atoms with E-state index in [1.54, 1.807) is 0 Å². The molecule has 0 unspecified atom stereocenters. The molecule has 2 heterocycles. The van der Waals surface area contributed by atoms with Crippen molar-refractivity contribution in [2.75, 3.05) is 0 Å². The molecule has 0 radical (unpaired) electrons. The van der Waals surface area contributed by atoms with E-state index in [2.05, 4.69) is 91.0 Å². The summed E-state index contributed by atoms with van der Waals surface area (Å²) in [4.78, 5) is 14.7. The van der Waals surface area contributed by atoms with Crippen molar-refractivity contribution in [3.05, 3.63) is 164 Å². The van der Waals surface area contributed by atoms with E-state index < -0.39 is 0 Å². The lowest BCUT2D eigenvalue weighted by atomic mass is 9.96. The van der Waals surface area contributed by atoms with Gasteiger partial charge in [-0.05, 0) is 58.0 Å². The SMILES string of the molecule is c1ccc(-c2nc(-c3ccccc3)nc(-c3cccc(-c4cccc(-c5ccc6ccc7c8ccccc8oc7c6c5)c4)c3)n2)cc1. The molecule has 0 aliphatic rings. The standard InChI is InChI=1S/C43H27N3O/c1-3-11-29(12-4-1)41-44-42(30-13-5-2-6-14-30)46-43(45-41)35-18-10-17-33(26-35)31-15-9-16-32(25-31)34-22-21-28-23-24-37-36-19-7-8-20-39(36)47-40(37)38(28)27-34/h1-27H. The van der Waals surface area contributed by atoms with E-state index in [9.17, 15) is 0 Å². The van der Waals surface area contributed by atoms with Gasteiger partial charge in [0.05, 0.1) is 0 Å². The zero-order valence-electron chi connectivity index (χ0n) is 25.3. The van der Waals surface area contributed by atoms with Crippen LogP contribution >= 0.6 is 0 Å². The van der Waals surface area contributed by atoms with Crippen LogP contribution in [0, 0.1) is 0 Å². The molecule has 0 spiro atoms. The van der Waals surface area contributed by atoms with Crippen molar-refractivity contribution in [1.29, 1.82) is 0 Å². The highest BCUT2D eigenvalue weighted by Crippen LogP contribution is 2.37. The van der Waals surface area contributed by atoms with Gasteiger partial charge in [0.2, 0.25) is 0 Å². The van der Waals surface area contributed by atoms with Crippen molar-refractivity contribution in [2.24, 2.45) is 0 Å². The van der Waals surface area contributed by atoms with E-state index in [1.165, 1.54) is 0 Å². The first-order valence-electron chi connectivity index (χ1n) is 15.7. The van der Waals surface area contributed by atoms with E-state index in [0.29, 0.717) is 17.5 Å². The van der Waals surface area contributed by atoms with Gasteiger partial charge in [0, 0.05) is 32.8 Å². The average molecular weight is 602 g/mol. The maximum absolute atomic E-state index is 6.36. The third kappa shape index (κ3) is 4.93. The van der Waals surface area contributed by atoms with Crippen LogP contribution in [0.1, 0.15) is 0 Å². The Balaban J connectivity index is 1.12. The molecule has 0 amide bonds. The Bertz CT molecular complexity index is 2510. The molecule has 0 N–H and O–H groups in total. The van der Waals surface area contributed by atoms with Gasteiger partial charge in [-0.2, -0.15) is 0 Å². The van der Waals surface area contributed by atoms with E-state index >= 15 is 0 Å². The van der Waals surface area contributed by atoms with Gasteiger partial charge in [0.1, 0.15) is 11.2 Å². The first kappa shape index (κ1) is 27.0. The van der Waals surface area contributed by atoms with Crippen LogP contribution in [0.5, 0.6) is 0 Å². The van der Waals surface area contributed by atoms with Gasteiger partial charge < -0.3 is 4.42 Å². The molecule has 0 aliphatic carbocycles. The summed E-state index contributed by atoms with van der Waals surface area (Å²) in [5, 5.41) is 4.55. The molecule has 2 aromatic heterocycles. The van der Waals surface area contributed by atoms with Crippen molar-refractivity contribution in [3.8, 4) is 56.4 Å². The molecule has 0 saturated carbocycles. The van der Waals surface area contributed by atoms with E-state index in [-0.39, 0.29) is 0 Å². The number of benzene rings is 7. The van der Waals surface area contributed by atoms with Crippen LogP contribution in [0.25, 0.3) is 89.1 Å². The Morgan fingerprint density at radius 1 is 0.319 bits per heavy atom. The molecule has 47 heavy (non-hydrogen) atoms. The van der Waals surface area contributed by atoms with Gasteiger partial charge >= 0.3 is 0 Å². The second-order valence-corrected chi connectivity index (χ2v) is 11.7. The molecule has 0 fully saturated rings. The summed E-state index contributed by atoms with van der Waals surface area (Å²) in [6.07, 6.45) is 0. The smallest absolute Gasteiger partial charge is 0.164 e. The number of aromatic nitrogens is 3. The van der Waals surface area contributed by atoms with Gasteiger partial charge in [0.15, 0.2) is 17.5 Å². The molecule has 220 valence electrons. The monoisotopic (exact) mass is 601 g/mol. The maximum atomic E-state index is 6.36. The van der Waals surface area contributed by atoms with Crippen molar-refractivity contribution in [3.63, 3.8) is 0 Å². The normalized spacial score (nSPS) is 11.4. The Morgan fingerprint density at radius 3 is 1.47 bits per heavy atom. The summed E-state index contributed by atoms with van der Waals surface area (Å²) in [5.41, 5.74) is 9.16. The lowest BCUT2D eigenvalue weighted by molar-refractivity contribution is 0.672. The fraction of sp³-hybridized carbons (Fsp3) is 0. The molecule has 9 aromatic rings. The van der Waals surface area contributed by atoms with Crippen molar-refractivity contribution in [1.82, 2.24) is 15.0 Å². The Labute approximate surface area is 271 Å². The topological polar surface area (TPSA) is 51.8 Å². The summed E-state index contributed by atoms with van der Waals surface area (Å²) >= 11 is 0. The molecular weight excluding hydrogens is 574 g/mol. The van der Waals surface area contributed by atoms with E-state index in [4.69, 9.17) is 19.4 Å². The lowest BCUT2D eigenvalue weighted by Gasteiger charge is -2.11. The summed E-state index contributed by atoms with van der Waals surface area (Å²) in [6.45, 7) is 0. The zero-order valence-corrected chi connectivity index (χ0v) is 25.3. The molecule has 0 saturated heterocycles. The fourth-order valence-electron chi connectivity index (χ4n) is 6.34. The minimum absolute atomic E-state index is 0.639. The number of para-hydroxylation sites is 1. The number of rotatable bonds is 5. The molecule has 0 aliphatic heterocycles. The highest BCUT2D eigenvalue weighted by molar-refractivity contribution is 6.15. The molecule has 7 aromatic carbocycles. The number of fused-ring (bicyclic) bond motifs is 5. The van der Waals surface area contributed by atoms with Gasteiger partial charge in [0.25, 0.3) is 0 Å². The molecule has 4 heteroatoms. The van der Waals surface area contributed by atoms with Gasteiger partial charge in [-0.15, -0.1) is 0 Å². The molecule has 0 bridgehead atoms. The quantitative estimate of drug-likeness (QED) is 0.197. The summed E-state index contributed by atoms with van der Waals surface area (Å²) in [7, 11) is 0. The second-order valence-electron chi connectivity index (χ2n) is 11.7. The zero-order chi connectivity index (χ0) is 31.2. The van der Waals surface area contributed by atoms with Crippen molar-refractivity contribution < 1.29 is 4.42 Å². The summed E-state index contributed by atoms with van der Waals surface area (Å²) < 4.78 is 6.36. The number of hydrogen-bond donors (Lipinski definition) is 0. The van der Waals surface area contributed by atoms with Crippen LogP contribution in [0.2, 0.25) is 0 Å². The Morgan fingerprint density at radius 2 is 0.809 bits per heavy atom. The first-order valence-corrected chi connectivity index (χ1v) is 15.7.